The summed E-state index contributed by atoms with van der Waals surface area (Å²) in [5.41, 5.74) is 0.983. The minimum Gasteiger partial charge on any atom is -0.468 e. The van der Waals surface area contributed by atoms with Crippen molar-refractivity contribution in [3.05, 3.63) is 27.1 Å². The maximum Gasteiger partial charge on any atom is 0.291 e. The van der Waals surface area contributed by atoms with Gasteiger partial charge in [0.1, 0.15) is 5.76 Å². The molecule has 2 unspecified atom stereocenters. The van der Waals surface area contributed by atoms with Crippen LogP contribution in [0, 0.1) is 19.8 Å². The summed E-state index contributed by atoms with van der Waals surface area (Å²) in [5, 5.41) is 10.5. The van der Waals surface area contributed by atoms with Crippen molar-refractivity contribution in [1.29, 1.82) is 0 Å². The topological polar surface area (TPSA) is 59.7 Å². The van der Waals surface area contributed by atoms with Gasteiger partial charge >= 0.3 is 0 Å². The van der Waals surface area contributed by atoms with E-state index >= 15 is 0 Å². The molecule has 2 atom stereocenters. The van der Waals surface area contributed by atoms with Crippen molar-refractivity contribution >= 4 is 0 Å². The van der Waals surface area contributed by atoms with E-state index in [-0.39, 0.29) is 17.3 Å². The van der Waals surface area contributed by atoms with Crippen LogP contribution in [0.1, 0.15) is 75.7 Å². The Morgan fingerprint density at radius 1 is 1.08 bits per heavy atom. The van der Waals surface area contributed by atoms with Gasteiger partial charge in [0, 0.05) is 12.0 Å². The summed E-state index contributed by atoms with van der Waals surface area (Å²) in [6.07, 6.45) is 8.38. The predicted molar refractivity (Wildman–Crippen MR) is 97.9 cm³/mol. The van der Waals surface area contributed by atoms with Gasteiger partial charge in [0.25, 0.3) is 5.95 Å². The van der Waals surface area contributed by atoms with E-state index in [1.54, 1.807) is 13.8 Å². The largest absolute Gasteiger partial charge is 0.468 e. The summed E-state index contributed by atoms with van der Waals surface area (Å²) in [4.78, 5) is 12.2. The summed E-state index contributed by atoms with van der Waals surface area (Å²) in [6, 6.07) is 0. The van der Waals surface area contributed by atoms with Gasteiger partial charge in [0.05, 0.1) is 18.8 Å². The first kappa shape index (κ1) is 20.8. The molecule has 1 rings (SSSR count). The van der Waals surface area contributed by atoms with Crippen molar-refractivity contribution in [2.45, 2.75) is 85.2 Å². The lowest BCUT2D eigenvalue weighted by Crippen LogP contribution is -2.23. The molecule has 1 N–H and O–H groups in total. The van der Waals surface area contributed by atoms with Gasteiger partial charge < -0.3 is 14.3 Å². The molecule has 0 saturated carbocycles. The number of ether oxygens (including phenoxy) is 1. The van der Waals surface area contributed by atoms with Gasteiger partial charge in [0.2, 0.25) is 0 Å². The summed E-state index contributed by atoms with van der Waals surface area (Å²) >= 11 is 0. The van der Waals surface area contributed by atoms with E-state index in [0.29, 0.717) is 23.3 Å². The van der Waals surface area contributed by atoms with E-state index in [0.717, 1.165) is 12.8 Å². The van der Waals surface area contributed by atoms with Crippen LogP contribution in [0.4, 0.5) is 0 Å². The Labute approximate surface area is 146 Å². The first-order chi connectivity index (χ1) is 11.4. The van der Waals surface area contributed by atoms with Crippen molar-refractivity contribution in [2.75, 3.05) is 7.11 Å². The van der Waals surface area contributed by atoms with Crippen molar-refractivity contribution in [2.24, 2.45) is 5.92 Å². The Kier molecular flexibility index (Phi) is 9.12. The summed E-state index contributed by atoms with van der Waals surface area (Å²) < 4.78 is 10.8. The molecule has 0 bridgehead atoms. The Bertz CT molecular complexity index is 547. The lowest BCUT2D eigenvalue weighted by molar-refractivity contribution is 0.102. The molecule has 0 aliphatic heterocycles. The van der Waals surface area contributed by atoms with Crippen LogP contribution in [0.3, 0.4) is 0 Å². The highest BCUT2D eigenvalue weighted by Gasteiger charge is 2.20. The van der Waals surface area contributed by atoms with Gasteiger partial charge in [-0.05, 0) is 26.2 Å². The number of methoxy groups -OCH3 is 1. The fourth-order valence-corrected chi connectivity index (χ4v) is 2.99. The minimum atomic E-state index is -0.505. The number of hydrogen-bond acceptors (Lipinski definition) is 4. The molecule has 0 spiro atoms. The Morgan fingerprint density at radius 2 is 1.71 bits per heavy atom. The number of unbranched alkanes of at least 4 members (excludes halogenated alkanes) is 5. The SMILES string of the molecule is CCCCCCCCC(C)C(O)Cc1oc(OC)c(C)c(=O)c1C. The van der Waals surface area contributed by atoms with Crippen LogP contribution in [0.5, 0.6) is 5.95 Å². The van der Waals surface area contributed by atoms with E-state index in [1.807, 2.05) is 0 Å². The third-order valence-electron chi connectivity index (χ3n) is 4.87. The van der Waals surface area contributed by atoms with Crippen molar-refractivity contribution in [3.63, 3.8) is 0 Å². The quantitative estimate of drug-likeness (QED) is 0.601. The summed E-state index contributed by atoms with van der Waals surface area (Å²) in [7, 11) is 1.49. The first-order valence-corrected chi connectivity index (χ1v) is 9.27. The van der Waals surface area contributed by atoms with Crippen LogP contribution in [0.25, 0.3) is 0 Å². The zero-order valence-electron chi connectivity index (χ0n) is 16.0. The van der Waals surface area contributed by atoms with Gasteiger partial charge in [-0.25, -0.2) is 0 Å². The van der Waals surface area contributed by atoms with Gasteiger partial charge in [-0.1, -0.05) is 52.4 Å². The molecule has 1 heterocycles. The highest BCUT2D eigenvalue weighted by Crippen LogP contribution is 2.23. The highest BCUT2D eigenvalue weighted by molar-refractivity contribution is 5.29. The molecule has 0 aliphatic rings. The normalized spacial score (nSPS) is 13.8. The van der Waals surface area contributed by atoms with E-state index in [9.17, 15) is 9.90 Å². The van der Waals surface area contributed by atoms with Crippen molar-refractivity contribution < 1.29 is 14.3 Å². The zero-order valence-corrected chi connectivity index (χ0v) is 16.0. The standard InChI is InChI=1S/C20H34O4/c1-6-7-8-9-10-11-12-14(2)17(21)13-18-15(3)19(22)16(4)20(23-5)24-18/h14,17,21H,6-13H2,1-5H3. The predicted octanol–water partition coefficient (Wildman–Crippen LogP) is 4.56. The Balaban J connectivity index is 2.56. The fourth-order valence-electron chi connectivity index (χ4n) is 2.99. The third-order valence-corrected chi connectivity index (χ3v) is 4.87. The van der Waals surface area contributed by atoms with E-state index in [4.69, 9.17) is 9.15 Å². The first-order valence-electron chi connectivity index (χ1n) is 9.27. The summed E-state index contributed by atoms with van der Waals surface area (Å²) in [5.74, 6) is 0.967. The van der Waals surface area contributed by atoms with Gasteiger partial charge in [-0.15, -0.1) is 0 Å². The highest BCUT2D eigenvalue weighted by atomic mass is 16.6. The molecule has 0 saturated heterocycles. The molecule has 1 aromatic heterocycles. The fraction of sp³-hybridized carbons (Fsp3) is 0.750. The Morgan fingerprint density at radius 3 is 2.33 bits per heavy atom. The number of aliphatic hydroxyl groups is 1. The molecule has 0 fully saturated rings. The van der Waals surface area contributed by atoms with Gasteiger partial charge in [0.15, 0.2) is 5.43 Å². The molecule has 1 aromatic rings. The maximum absolute atomic E-state index is 12.2. The molecular weight excluding hydrogens is 304 g/mol. The zero-order chi connectivity index (χ0) is 18.1. The molecule has 24 heavy (non-hydrogen) atoms. The Hall–Kier alpha value is -1.29. The molecule has 0 amide bonds. The maximum atomic E-state index is 12.2. The van der Waals surface area contributed by atoms with Crippen LogP contribution < -0.4 is 10.2 Å². The lowest BCUT2D eigenvalue weighted by Gasteiger charge is -2.19. The average Bonchev–Trinajstić information content (AvgIpc) is 2.58. The molecule has 0 aliphatic carbocycles. The lowest BCUT2D eigenvalue weighted by atomic mass is 9.93. The van der Waals surface area contributed by atoms with Crippen molar-refractivity contribution in [3.8, 4) is 5.95 Å². The second-order valence-corrected chi connectivity index (χ2v) is 6.90. The monoisotopic (exact) mass is 338 g/mol. The molecule has 4 heteroatoms. The second kappa shape index (κ2) is 10.5. The minimum absolute atomic E-state index is 0.0659. The van der Waals surface area contributed by atoms with E-state index in [1.165, 1.54) is 39.2 Å². The second-order valence-electron chi connectivity index (χ2n) is 6.90. The number of rotatable bonds is 11. The van der Waals surface area contributed by atoms with E-state index < -0.39 is 6.10 Å². The molecule has 0 aromatic carbocycles. The van der Waals surface area contributed by atoms with Crippen LogP contribution in [0.2, 0.25) is 0 Å². The smallest absolute Gasteiger partial charge is 0.291 e. The van der Waals surface area contributed by atoms with Crippen LogP contribution in [-0.2, 0) is 6.42 Å². The molecule has 4 nitrogen and oxygen atoms in total. The van der Waals surface area contributed by atoms with Crippen LogP contribution in [0.15, 0.2) is 9.21 Å². The van der Waals surface area contributed by atoms with Crippen LogP contribution in [-0.4, -0.2) is 18.3 Å². The van der Waals surface area contributed by atoms with Gasteiger partial charge in [-0.2, -0.15) is 0 Å². The number of hydrogen-bond donors (Lipinski definition) is 1. The molecule has 0 radical (unpaired) electrons. The third kappa shape index (κ3) is 5.97. The summed E-state index contributed by atoms with van der Waals surface area (Å²) in [6.45, 7) is 7.73. The number of aliphatic hydroxyl groups excluding tert-OH is 1. The van der Waals surface area contributed by atoms with Gasteiger partial charge in [-0.3, -0.25) is 4.79 Å². The molecule has 138 valence electrons. The van der Waals surface area contributed by atoms with E-state index in [2.05, 4.69) is 13.8 Å². The van der Waals surface area contributed by atoms with Crippen LogP contribution >= 0.6 is 0 Å². The molecular formula is C20H34O4. The van der Waals surface area contributed by atoms with Crippen molar-refractivity contribution in [1.82, 2.24) is 0 Å². The average molecular weight is 338 g/mol.